The average molecular weight is 314 g/mol. The van der Waals surface area contributed by atoms with E-state index in [4.69, 9.17) is 0 Å². The minimum Gasteiger partial charge on any atom is -0.506 e. The van der Waals surface area contributed by atoms with E-state index in [0.29, 0.717) is 12.1 Å². The predicted molar refractivity (Wildman–Crippen MR) is 78.3 cm³/mol. The van der Waals surface area contributed by atoms with Crippen molar-refractivity contribution in [1.82, 2.24) is 30.6 Å². The van der Waals surface area contributed by atoms with Crippen molar-refractivity contribution in [2.45, 2.75) is 6.42 Å². The monoisotopic (exact) mass is 314 g/mol. The average Bonchev–Trinajstić information content (AvgIpc) is 3.19. The zero-order valence-corrected chi connectivity index (χ0v) is 12.0. The molecule has 0 spiro atoms. The second-order valence-corrected chi connectivity index (χ2v) is 5.20. The first-order valence-corrected chi connectivity index (χ1v) is 7.13. The van der Waals surface area contributed by atoms with Gasteiger partial charge in [0.25, 0.3) is 0 Å². The molecule has 0 amide bonds. The molecule has 0 unspecified atom stereocenters. The number of thiazole rings is 1. The lowest BCUT2D eigenvalue weighted by molar-refractivity contribution is 0.103. The van der Waals surface area contributed by atoms with Gasteiger partial charge in [0.15, 0.2) is 0 Å². The Morgan fingerprint density at radius 3 is 3.05 bits per heavy atom. The van der Waals surface area contributed by atoms with Crippen LogP contribution in [0.2, 0.25) is 0 Å². The number of nitrogens with one attached hydrogen (secondary N) is 1. The number of carbonyl (C=O) groups is 1. The molecule has 0 aliphatic carbocycles. The van der Waals surface area contributed by atoms with Gasteiger partial charge in [-0.3, -0.25) is 9.78 Å². The first kappa shape index (κ1) is 14.0. The Balaban J connectivity index is 1.74. The van der Waals surface area contributed by atoms with Crippen LogP contribution >= 0.6 is 11.3 Å². The van der Waals surface area contributed by atoms with Gasteiger partial charge in [-0.1, -0.05) is 6.07 Å². The summed E-state index contributed by atoms with van der Waals surface area (Å²) in [6.07, 6.45) is 3.30. The number of carbonyl (C=O) groups excluding carboxylic acids is 1. The topological polar surface area (TPSA) is 118 Å². The summed E-state index contributed by atoms with van der Waals surface area (Å²) in [5, 5.41) is 25.0. The van der Waals surface area contributed by atoms with Crippen molar-refractivity contribution in [3.8, 4) is 0 Å². The standard InChI is InChI=1S/C13H10N6O2S/c20-10(6-11(21)13-16-18-19-17-13)9-7-22-12(15-9)5-8-3-1-2-4-14-8/h1-4,6-7,20H,5H2,(H,16,17,18,19). The number of tetrazole rings is 1. The number of hydrogen-bond donors (Lipinski definition) is 2. The fourth-order valence-electron chi connectivity index (χ4n) is 1.70. The third-order valence-electron chi connectivity index (χ3n) is 2.71. The third kappa shape index (κ3) is 3.20. The first-order chi connectivity index (χ1) is 10.7. The van der Waals surface area contributed by atoms with E-state index in [2.05, 4.69) is 30.6 Å². The lowest BCUT2D eigenvalue weighted by Crippen LogP contribution is -2.00. The van der Waals surface area contributed by atoms with Crippen LogP contribution in [-0.2, 0) is 6.42 Å². The molecule has 3 aromatic rings. The first-order valence-electron chi connectivity index (χ1n) is 6.25. The number of aromatic amines is 1. The zero-order chi connectivity index (χ0) is 15.4. The number of H-pyrrole nitrogens is 1. The van der Waals surface area contributed by atoms with Gasteiger partial charge in [0.1, 0.15) is 11.5 Å². The zero-order valence-electron chi connectivity index (χ0n) is 11.2. The van der Waals surface area contributed by atoms with Crippen LogP contribution in [0.25, 0.3) is 5.76 Å². The Kier molecular flexibility index (Phi) is 3.97. The van der Waals surface area contributed by atoms with Crippen LogP contribution in [0.1, 0.15) is 27.0 Å². The fraction of sp³-hybridized carbons (Fsp3) is 0.0769. The van der Waals surface area contributed by atoms with Crippen molar-refractivity contribution < 1.29 is 9.90 Å². The van der Waals surface area contributed by atoms with Crippen molar-refractivity contribution in [3.63, 3.8) is 0 Å². The van der Waals surface area contributed by atoms with Crippen molar-refractivity contribution in [2.75, 3.05) is 0 Å². The van der Waals surface area contributed by atoms with E-state index in [0.717, 1.165) is 16.8 Å². The van der Waals surface area contributed by atoms with Gasteiger partial charge in [-0.15, -0.1) is 21.5 Å². The largest absolute Gasteiger partial charge is 0.506 e. The van der Waals surface area contributed by atoms with Crippen LogP contribution in [-0.4, -0.2) is 41.5 Å². The lowest BCUT2D eigenvalue weighted by atomic mass is 10.2. The van der Waals surface area contributed by atoms with E-state index in [1.165, 1.54) is 11.3 Å². The van der Waals surface area contributed by atoms with Gasteiger partial charge < -0.3 is 5.11 Å². The molecule has 9 heteroatoms. The van der Waals surface area contributed by atoms with Gasteiger partial charge in [0, 0.05) is 29.8 Å². The van der Waals surface area contributed by atoms with Crippen molar-refractivity contribution in [2.24, 2.45) is 0 Å². The molecule has 2 N–H and O–H groups in total. The van der Waals surface area contributed by atoms with Crippen molar-refractivity contribution in [3.05, 3.63) is 58.1 Å². The Morgan fingerprint density at radius 2 is 2.32 bits per heavy atom. The molecule has 110 valence electrons. The molecular weight excluding hydrogens is 304 g/mol. The number of aliphatic hydroxyl groups is 1. The second-order valence-electron chi connectivity index (χ2n) is 4.25. The summed E-state index contributed by atoms with van der Waals surface area (Å²) < 4.78 is 0. The molecule has 22 heavy (non-hydrogen) atoms. The summed E-state index contributed by atoms with van der Waals surface area (Å²) >= 11 is 1.38. The number of pyridine rings is 1. The predicted octanol–water partition coefficient (Wildman–Crippen LogP) is 1.42. The summed E-state index contributed by atoms with van der Waals surface area (Å²) in [5.74, 6) is -0.903. The van der Waals surface area contributed by atoms with Gasteiger partial charge in [0.05, 0.1) is 5.01 Å². The van der Waals surface area contributed by atoms with Crippen LogP contribution in [0, 0.1) is 0 Å². The molecule has 0 aliphatic rings. The fourth-order valence-corrected chi connectivity index (χ4v) is 2.50. The van der Waals surface area contributed by atoms with Crippen LogP contribution in [0.4, 0.5) is 0 Å². The smallest absolute Gasteiger partial charge is 0.244 e. The van der Waals surface area contributed by atoms with Gasteiger partial charge in [0.2, 0.25) is 11.6 Å². The molecule has 0 radical (unpaired) electrons. The maximum atomic E-state index is 11.7. The van der Waals surface area contributed by atoms with E-state index in [-0.39, 0.29) is 11.6 Å². The van der Waals surface area contributed by atoms with E-state index in [9.17, 15) is 9.90 Å². The number of hydrogen-bond acceptors (Lipinski definition) is 8. The summed E-state index contributed by atoms with van der Waals surface area (Å²) in [6.45, 7) is 0. The Morgan fingerprint density at radius 1 is 1.41 bits per heavy atom. The molecule has 0 atom stereocenters. The van der Waals surface area contributed by atoms with Gasteiger partial charge >= 0.3 is 0 Å². The quantitative estimate of drug-likeness (QED) is 0.415. The minimum atomic E-state index is -0.550. The van der Waals surface area contributed by atoms with Gasteiger partial charge in [-0.05, 0) is 17.3 Å². The highest BCUT2D eigenvalue weighted by atomic mass is 32.1. The molecule has 0 saturated heterocycles. The van der Waals surface area contributed by atoms with Crippen molar-refractivity contribution >= 4 is 22.9 Å². The normalized spacial score (nSPS) is 11.5. The molecule has 8 nitrogen and oxygen atoms in total. The van der Waals surface area contributed by atoms with Crippen LogP contribution in [0.5, 0.6) is 0 Å². The maximum Gasteiger partial charge on any atom is 0.244 e. The molecule has 3 heterocycles. The Bertz CT molecular complexity index is 797. The number of allylic oxidation sites excluding steroid dienone is 1. The number of ketones is 1. The molecule has 0 saturated carbocycles. The van der Waals surface area contributed by atoms with Crippen LogP contribution in [0.15, 0.2) is 35.9 Å². The second kappa shape index (κ2) is 6.22. The van der Waals surface area contributed by atoms with Crippen LogP contribution in [0.3, 0.4) is 0 Å². The van der Waals surface area contributed by atoms with Gasteiger partial charge in [-0.25, -0.2) is 4.98 Å². The lowest BCUT2D eigenvalue weighted by Gasteiger charge is -1.96. The molecule has 3 aromatic heterocycles. The summed E-state index contributed by atoms with van der Waals surface area (Å²) in [5.41, 5.74) is 1.21. The number of aromatic nitrogens is 6. The highest BCUT2D eigenvalue weighted by molar-refractivity contribution is 7.09. The Labute approximate surface area is 128 Å². The number of rotatable bonds is 5. The van der Waals surface area contributed by atoms with E-state index in [1.807, 2.05) is 18.2 Å². The molecule has 0 fully saturated rings. The number of nitrogens with zero attached hydrogens (tertiary/aromatic N) is 5. The molecule has 0 bridgehead atoms. The number of aliphatic hydroxyl groups excluding tert-OH is 1. The molecule has 0 aromatic carbocycles. The Hall–Kier alpha value is -2.94. The minimum absolute atomic E-state index is 0.115. The summed E-state index contributed by atoms with van der Waals surface area (Å²) in [4.78, 5) is 20.2. The molecular formula is C13H10N6O2S. The highest BCUT2D eigenvalue weighted by Gasteiger charge is 2.12. The van der Waals surface area contributed by atoms with Gasteiger partial charge in [-0.2, -0.15) is 5.21 Å². The summed E-state index contributed by atoms with van der Waals surface area (Å²) in [7, 11) is 0. The van der Waals surface area contributed by atoms with E-state index < -0.39 is 5.78 Å². The molecule has 3 rings (SSSR count). The van der Waals surface area contributed by atoms with E-state index >= 15 is 0 Å². The van der Waals surface area contributed by atoms with E-state index in [1.54, 1.807) is 11.6 Å². The summed E-state index contributed by atoms with van der Waals surface area (Å²) in [6, 6.07) is 5.64. The third-order valence-corrected chi connectivity index (χ3v) is 3.56. The highest BCUT2D eigenvalue weighted by Crippen LogP contribution is 2.18. The van der Waals surface area contributed by atoms with Crippen LogP contribution < -0.4 is 0 Å². The SMILES string of the molecule is O=C(C=C(O)c1csc(Cc2ccccn2)n1)c1nn[nH]n1. The maximum absolute atomic E-state index is 11.7. The molecule has 0 aliphatic heterocycles. The van der Waals surface area contributed by atoms with Crippen molar-refractivity contribution in [1.29, 1.82) is 0 Å².